The van der Waals surface area contributed by atoms with Gasteiger partial charge in [-0.3, -0.25) is 4.72 Å². The number of carbonyl (C=O) groups is 1. The van der Waals surface area contributed by atoms with E-state index in [2.05, 4.69) is 9.46 Å². The van der Waals surface area contributed by atoms with Crippen molar-refractivity contribution in [3.05, 3.63) is 83.4 Å². The van der Waals surface area contributed by atoms with Gasteiger partial charge in [0.15, 0.2) is 6.61 Å². The first-order valence-electron chi connectivity index (χ1n) is 9.16. The Morgan fingerprint density at radius 1 is 0.968 bits per heavy atom. The quantitative estimate of drug-likeness (QED) is 0.478. The molecule has 0 aliphatic heterocycles. The highest BCUT2D eigenvalue weighted by Crippen LogP contribution is 2.28. The molecule has 3 aromatic carbocycles. The van der Waals surface area contributed by atoms with Crippen LogP contribution in [0.1, 0.15) is 5.56 Å². The van der Waals surface area contributed by atoms with Crippen molar-refractivity contribution < 1.29 is 27.4 Å². The van der Waals surface area contributed by atoms with Crippen molar-refractivity contribution in [2.45, 2.75) is 11.5 Å². The molecule has 0 heterocycles. The summed E-state index contributed by atoms with van der Waals surface area (Å²) in [7, 11) is -2.65. The number of ether oxygens (including phenoxy) is 3. The molecule has 9 heteroatoms. The minimum Gasteiger partial charge on any atom is -0.489 e. The third-order valence-electron chi connectivity index (χ3n) is 4.14. The Labute approximate surface area is 185 Å². The summed E-state index contributed by atoms with van der Waals surface area (Å²) in [6.45, 7) is 0.0774. The van der Waals surface area contributed by atoms with Crippen LogP contribution in [0.2, 0.25) is 5.02 Å². The van der Waals surface area contributed by atoms with Crippen molar-refractivity contribution in [3.8, 4) is 11.5 Å². The lowest BCUT2D eigenvalue weighted by molar-refractivity contribution is -0.142. The number of sulfonamides is 1. The maximum Gasteiger partial charge on any atom is 0.343 e. The Morgan fingerprint density at radius 2 is 1.68 bits per heavy atom. The molecule has 0 aliphatic carbocycles. The SMILES string of the molecule is COC(=O)COc1ccc(S(=O)(=O)Nc2ccc(OCc3ccccc3)cc2)cc1Cl. The van der Waals surface area contributed by atoms with E-state index in [-0.39, 0.29) is 22.3 Å². The number of anilines is 1. The highest BCUT2D eigenvalue weighted by molar-refractivity contribution is 7.92. The number of nitrogens with one attached hydrogen (secondary N) is 1. The Balaban J connectivity index is 1.63. The number of methoxy groups -OCH3 is 1. The molecule has 0 fully saturated rings. The molecular weight excluding hydrogens is 442 g/mol. The normalized spacial score (nSPS) is 10.9. The zero-order valence-corrected chi connectivity index (χ0v) is 18.2. The predicted octanol–water partition coefficient (Wildman–Crippen LogP) is 4.27. The van der Waals surface area contributed by atoms with E-state index in [1.54, 1.807) is 24.3 Å². The van der Waals surface area contributed by atoms with Gasteiger partial charge in [-0.1, -0.05) is 41.9 Å². The highest BCUT2D eigenvalue weighted by atomic mass is 35.5. The second-order valence-corrected chi connectivity index (χ2v) is 8.45. The first-order valence-corrected chi connectivity index (χ1v) is 11.0. The summed E-state index contributed by atoms with van der Waals surface area (Å²) < 4.78 is 43.2. The summed E-state index contributed by atoms with van der Waals surface area (Å²) in [6, 6.07) is 20.2. The van der Waals surface area contributed by atoms with Crippen LogP contribution in [0.25, 0.3) is 0 Å². The van der Waals surface area contributed by atoms with E-state index in [1.165, 1.54) is 25.3 Å². The number of carbonyl (C=O) groups excluding carboxylic acids is 1. The minimum absolute atomic E-state index is 0.0488. The maximum atomic E-state index is 12.7. The first kappa shape index (κ1) is 22.5. The third kappa shape index (κ3) is 6.37. The van der Waals surface area contributed by atoms with Crippen LogP contribution in [0.3, 0.4) is 0 Å². The number of benzene rings is 3. The van der Waals surface area contributed by atoms with Gasteiger partial charge in [0.2, 0.25) is 0 Å². The van der Waals surface area contributed by atoms with E-state index in [9.17, 15) is 13.2 Å². The van der Waals surface area contributed by atoms with Gasteiger partial charge in [-0.2, -0.15) is 0 Å². The van der Waals surface area contributed by atoms with Gasteiger partial charge in [0, 0.05) is 5.69 Å². The van der Waals surface area contributed by atoms with Crippen molar-refractivity contribution >= 4 is 33.3 Å². The summed E-state index contributed by atoms with van der Waals surface area (Å²) in [6.07, 6.45) is 0. The molecule has 0 aromatic heterocycles. The first-order chi connectivity index (χ1) is 14.9. The number of hydrogen-bond donors (Lipinski definition) is 1. The molecule has 0 amide bonds. The number of halogens is 1. The third-order valence-corrected chi connectivity index (χ3v) is 5.82. The average molecular weight is 462 g/mol. The van der Waals surface area contributed by atoms with E-state index >= 15 is 0 Å². The van der Waals surface area contributed by atoms with Crippen LogP contribution < -0.4 is 14.2 Å². The van der Waals surface area contributed by atoms with Gasteiger partial charge >= 0.3 is 5.97 Å². The van der Waals surface area contributed by atoms with Crippen molar-refractivity contribution in [1.29, 1.82) is 0 Å². The Kier molecular flexibility index (Phi) is 7.38. The minimum atomic E-state index is -3.88. The summed E-state index contributed by atoms with van der Waals surface area (Å²) in [5.74, 6) is 0.207. The van der Waals surface area contributed by atoms with E-state index in [1.807, 2.05) is 30.3 Å². The molecule has 1 N–H and O–H groups in total. The zero-order chi connectivity index (χ0) is 22.3. The van der Waals surface area contributed by atoms with Crippen molar-refractivity contribution in [3.63, 3.8) is 0 Å². The second-order valence-electron chi connectivity index (χ2n) is 6.36. The smallest absolute Gasteiger partial charge is 0.343 e. The molecule has 7 nitrogen and oxygen atoms in total. The molecule has 0 spiro atoms. The fourth-order valence-corrected chi connectivity index (χ4v) is 3.92. The summed E-state index contributed by atoms with van der Waals surface area (Å²) in [5.41, 5.74) is 1.40. The Hall–Kier alpha value is -3.23. The van der Waals surface area contributed by atoms with Gasteiger partial charge in [-0.15, -0.1) is 0 Å². The molecule has 31 heavy (non-hydrogen) atoms. The van der Waals surface area contributed by atoms with Crippen LogP contribution in [0.4, 0.5) is 5.69 Å². The largest absolute Gasteiger partial charge is 0.489 e. The fraction of sp³-hybridized carbons (Fsp3) is 0.136. The molecule has 3 rings (SSSR count). The van der Waals surface area contributed by atoms with E-state index in [0.29, 0.717) is 18.0 Å². The van der Waals surface area contributed by atoms with E-state index in [0.717, 1.165) is 5.56 Å². The molecule has 3 aromatic rings. The topological polar surface area (TPSA) is 90.9 Å². The van der Waals surface area contributed by atoms with Crippen LogP contribution >= 0.6 is 11.6 Å². The average Bonchev–Trinajstić information content (AvgIpc) is 2.78. The van der Waals surface area contributed by atoms with Gasteiger partial charge in [-0.05, 0) is 48.0 Å². The lowest BCUT2D eigenvalue weighted by Gasteiger charge is -2.12. The Bertz CT molecular complexity index is 1130. The summed E-state index contributed by atoms with van der Waals surface area (Å²) in [4.78, 5) is 11.1. The van der Waals surface area contributed by atoms with E-state index < -0.39 is 16.0 Å². The molecule has 0 aliphatic rings. The lowest BCUT2D eigenvalue weighted by Crippen LogP contribution is -2.14. The summed E-state index contributed by atoms with van der Waals surface area (Å²) in [5, 5.41) is 0.0523. The Morgan fingerprint density at radius 3 is 2.32 bits per heavy atom. The monoisotopic (exact) mass is 461 g/mol. The fourth-order valence-electron chi connectivity index (χ4n) is 2.54. The molecular formula is C22H20ClNO6S. The van der Waals surface area contributed by atoms with Crippen molar-refractivity contribution in [2.24, 2.45) is 0 Å². The number of hydrogen-bond acceptors (Lipinski definition) is 6. The van der Waals surface area contributed by atoms with Crippen molar-refractivity contribution in [1.82, 2.24) is 0 Å². The van der Waals surface area contributed by atoms with Crippen molar-refractivity contribution in [2.75, 3.05) is 18.4 Å². The molecule has 0 atom stereocenters. The molecule has 0 radical (unpaired) electrons. The van der Waals surface area contributed by atoms with Gasteiger partial charge in [-0.25, -0.2) is 13.2 Å². The van der Waals surface area contributed by atoms with Gasteiger partial charge in [0.05, 0.1) is 17.0 Å². The number of rotatable bonds is 9. The number of esters is 1. The summed E-state index contributed by atoms with van der Waals surface area (Å²) >= 11 is 6.09. The van der Waals surface area contributed by atoms with Gasteiger partial charge in [0.1, 0.15) is 18.1 Å². The van der Waals surface area contributed by atoms with Crippen LogP contribution in [-0.4, -0.2) is 28.1 Å². The van der Waals surface area contributed by atoms with Crippen LogP contribution in [-0.2, 0) is 26.2 Å². The molecule has 0 unspecified atom stereocenters. The van der Waals surface area contributed by atoms with Crippen LogP contribution in [0, 0.1) is 0 Å². The molecule has 0 saturated carbocycles. The maximum absolute atomic E-state index is 12.7. The highest BCUT2D eigenvalue weighted by Gasteiger charge is 2.17. The molecule has 0 saturated heterocycles. The predicted molar refractivity (Wildman–Crippen MR) is 117 cm³/mol. The second kappa shape index (κ2) is 10.2. The molecule has 0 bridgehead atoms. The van der Waals surface area contributed by atoms with E-state index in [4.69, 9.17) is 21.1 Å². The van der Waals surface area contributed by atoms with Gasteiger partial charge < -0.3 is 14.2 Å². The standard InChI is InChI=1S/C22H20ClNO6S/c1-28-22(25)15-30-21-12-11-19(13-20(21)23)31(26,27)24-17-7-9-18(10-8-17)29-14-16-5-3-2-4-6-16/h2-13,24H,14-15H2,1H3. The zero-order valence-electron chi connectivity index (χ0n) is 16.6. The van der Waals surface area contributed by atoms with Crippen LogP contribution in [0.15, 0.2) is 77.7 Å². The molecule has 162 valence electrons. The van der Waals surface area contributed by atoms with Crippen LogP contribution in [0.5, 0.6) is 11.5 Å². The lowest BCUT2D eigenvalue weighted by atomic mass is 10.2. The van der Waals surface area contributed by atoms with Gasteiger partial charge in [0.25, 0.3) is 10.0 Å².